The number of fused-ring (bicyclic) bond motifs is 1. The molecule has 1 aliphatic carbocycles. The van der Waals surface area contributed by atoms with Gasteiger partial charge in [0.1, 0.15) is 11.0 Å². The van der Waals surface area contributed by atoms with Crippen molar-refractivity contribution >= 4 is 27.0 Å². The minimum absolute atomic E-state index is 0.141. The minimum atomic E-state index is -3.61. The van der Waals surface area contributed by atoms with Crippen LogP contribution in [-0.4, -0.2) is 59.5 Å². The molecule has 10 heteroatoms. The summed E-state index contributed by atoms with van der Waals surface area (Å²) < 4.78 is 26.8. The molecule has 0 radical (unpaired) electrons. The summed E-state index contributed by atoms with van der Waals surface area (Å²) in [6.45, 7) is 4.14. The van der Waals surface area contributed by atoms with E-state index in [1.54, 1.807) is 19.9 Å². The molecule has 0 unspecified atom stereocenters. The molecule has 1 N–H and O–H groups in total. The molecule has 0 saturated heterocycles. The highest BCUT2D eigenvalue weighted by Gasteiger charge is 2.23. The van der Waals surface area contributed by atoms with Crippen molar-refractivity contribution in [2.24, 2.45) is 0 Å². The Balaban J connectivity index is 1.72. The predicted octanol–water partition coefficient (Wildman–Crippen LogP) is 1.34. The molecule has 1 aromatic carbocycles. The van der Waals surface area contributed by atoms with Crippen LogP contribution >= 0.6 is 0 Å². The first-order chi connectivity index (χ1) is 13.5. The number of aromatic nitrogens is 3. The van der Waals surface area contributed by atoms with Gasteiger partial charge in [0.2, 0.25) is 10.0 Å². The summed E-state index contributed by atoms with van der Waals surface area (Å²) in [5, 5.41) is 10.8. The number of carbonyl (C=O) groups excluding carboxylic acids is 1. The van der Waals surface area contributed by atoms with Crippen LogP contribution in [0.3, 0.4) is 0 Å². The van der Waals surface area contributed by atoms with Gasteiger partial charge in [-0.05, 0) is 36.3 Å². The summed E-state index contributed by atoms with van der Waals surface area (Å²) in [7, 11) is -3.61. The number of carbonyl (C=O) groups is 1. The second kappa shape index (κ2) is 8.87. The van der Waals surface area contributed by atoms with E-state index in [1.807, 2.05) is 0 Å². The standard InChI is InChI=1S/C18H27N5O4S/c1-3-22(4-2)28(25,26)15-10-11-16-17(12-15)23(21-20-16)27-13-18(24)19-14-8-6-5-7-9-14/h10-12,14H,3-9,13H2,1-2H3,(H,19,24). The molecular weight excluding hydrogens is 382 g/mol. The molecule has 0 aliphatic heterocycles. The molecule has 1 aromatic heterocycles. The molecule has 1 fully saturated rings. The lowest BCUT2D eigenvalue weighted by molar-refractivity contribution is -0.127. The molecule has 9 nitrogen and oxygen atoms in total. The number of nitrogens with one attached hydrogen (secondary N) is 1. The molecule has 2 aromatic rings. The van der Waals surface area contributed by atoms with Gasteiger partial charge < -0.3 is 10.2 Å². The lowest BCUT2D eigenvalue weighted by Crippen LogP contribution is -2.40. The number of hydrogen-bond acceptors (Lipinski definition) is 6. The maximum Gasteiger partial charge on any atom is 0.260 e. The number of amides is 1. The van der Waals surface area contributed by atoms with Crippen molar-refractivity contribution < 1.29 is 18.0 Å². The topological polar surface area (TPSA) is 106 Å². The van der Waals surface area contributed by atoms with Gasteiger partial charge >= 0.3 is 0 Å². The van der Waals surface area contributed by atoms with Crippen LogP contribution in [0, 0.1) is 0 Å². The van der Waals surface area contributed by atoms with E-state index in [0.29, 0.717) is 24.1 Å². The van der Waals surface area contributed by atoms with Crippen molar-refractivity contribution in [1.82, 2.24) is 24.8 Å². The van der Waals surface area contributed by atoms with Crippen LogP contribution in [-0.2, 0) is 14.8 Å². The fourth-order valence-corrected chi connectivity index (χ4v) is 4.96. The van der Waals surface area contributed by atoms with Gasteiger partial charge in [0.15, 0.2) is 6.61 Å². The SMILES string of the molecule is CCN(CC)S(=O)(=O)c1ccc2nnn(OCC(=O)NC3CCCCC3)c2c1. The highest BCUT2D eigenvalue weighted by molar-refractivity contribution is 7.89. The molecule has 28 heavy (non-hydrogen) atoms. The highest BCUT2D eigenvalue weighted by Crippen LogP contribution is 2.20. The first kappa shape index (κ1) is 20.5. The van der Waals surface area contributed by atoms with E-state index in [0.717, 1.165) is 30.5 Å². The zero-order valence-corrected chi connectivity index (χ0v) is 17.1. The Morgan fingerprint density at radius 3 is 2.64 bits per heavy atom. The zero-order chi connectivity index (χ0) is 20.1. The van der Waals surface area contributed by atoms with E-state index in [2.05, 4.69) is 15.6 Å². The molecule has 1 aliphatic rings. The maximum atomic E-state index is 12.7. The second-order valence-corrected chi connectivity index (χ2v) is 8.82. The Morgan fingerprint density at radius 1 is 1.25 bits per heavy atom. The third-order valence-corrected chi connectivity index (χ3v) is 7.06. The Morgan fingerprint density at radius 2 is 1.96 bits per heavy atom. The van der Waals surface area contributed by atoms with Gasteiger partial charge in [0.25, 0.3) is 5.91 Å². The van der Waals surface area contributed by atoms with Gasteiger partial charge in [0, 0.05) is 19.1 Å². The fourth-order valence-electron chi connectivity index (χ4n) is 3.48. The second-order valence-electron chi connectivity index (χ2n) is 6.88. The van der Waals surface area contributed by atoms with Gasteiger partial charge in [-0.25, -0.2) is 8.42 Å². The molecule has 3 rings (SSSR count). The Labute approximate surface area is 165 Å². The summed E-state index contributed by atoms with van der Waals surface area (Å²) in [6.07, 6.45) is 5.45. The lowest BCUT2D eigenvalue weighted by atomic mass is 9.95. The number of rotatable bonds is 8. The molecule has 1 heterocycles. The van der Waals surface area contributed by atoms with Crippen molar-refractivity contribution in [3.8, 4) is 0 Å². The summed E-state index contributed by atoms with van der Waals surface area (Å²) in [5.41, 5.74) is 0.893. The van der Waals surface area contributed by atoms with Crippen molar-refractivity contribution in [2.75, 3.05) is 19.7 Å². The molecule has 154 valence electrons. The molecule has 1 saturated carbocycles. The van der Waals surface area contributed by atoms with E-state index >= 15 is 0 Å². The van der Waals surface area contributed by atoms with Crippen molar-refractivity contribution in [2.45, 2.75) is 56.9 Å². The quantitative estimate of drug-likeness (QED) is 0.705. The third-order valence-electron chi connectivity index (χ3n) is 5.02. The molecule has 0 atom stereocenters. The monoisotopic (exact) mass is 409 g/mol. The molecule has 0 spiro atoms. The van der Waals surface area contributed by atoms with Crippen molar-refractivity contribution in [3.05, 3.63) is 18.2 Å². The third kappa shape index (κ3) is 4.44. The number of hydrogen-bond donors (Lipinski definition) is 1. The first-order valence-electron chi connectivity index (χ1n) is 9.74. The largest absolute Gasteiger partial charge is 0.385 e. The minimum Gasteiger partial charge on any atom is -0.385 e. The van der Waals surface area contributed by atoms with Crippen LogP contribution in [0.25, 0.3) is 11.0 Å². The van der Waals surface area contributed by atoms with Gasteiger partial charge in [-0.2, -0.15) is 4.31 Å². The van der Waals surface area contributed by atoms with Gasteiger partial charge in [0.05, 0.1) is 4.90 Å². The predicted molar refractivity (Wildman–Crippen MR) is 104 cm³/mol. The Kier molecular flexibility index (Phi) is 6.50. The van der Waals surface area contributed by atoms with Crippen LogP contribution in [0.1, 0.15) is 46.0 Å². The summed E-state index contributed by atoms with van der Waals surface area (Å²) in [5.74, 6) is -0.220. The number of sulfonamides is 1. The van der Waals surface area contributed by atoms with Crippen molar-refractivity contribution in [3.63, 3.8) is 0 Å². The van der Waals surface area contributed by atoms with Crippen LogP contribution < -0.4 is 10.2 Å². The number of benzene rings is 1. The smallest absolute Gasteiger partial charge is 0.260 e. The van der Waals surface area contributed by atoms with Gasteiger partial charge in [-0.1, -0.05) is 38.0 Å². The van der Waals surface area contributed by atoms with Crippen LogP contribution in [0.5, 0.6) is 0 Å². The zero-order valence-electron chi connectivity index (χ0n) is 16.3. The normalized spacial score (nSPS) is 15.8. The average molecular weight is 410 g/mol. The van der Waals surface area contributed by atoms with Gasteiger partial charge in [-0.3, -0.25) is 4.79 Å². The maximum absolute atomic E-state index is 12.7. The summed E-state index contributed by atoms with van der Waals surface area (Å²) >= 11 is 0. The molecule has 1 amide bonds. The summed E-state index contributed by atoms with van der Waals surface area (Å²) in [6, 6.07) is 4.76. The van der Waals surface area contributed by atoms with Crippen LogP contribution in [0.4, 0.5) is 0 Å². The van der Waals surface area contributed by atoms with E-state index < -0.39 is 10.0 Å². The highest BCUT2D eigenvalue weighted by atomic mass is 32.2. The summed E-state index contributed by atoms with van der Waals surface area (Å²) in [4.78, 5) is 18.9. The molecule has 0 bridgehead atoms. The van der Waals surface area contributed by atoms with Crippen molar-refractivity contribution in [1.29, 1.82) is 0 Å². The Hall–Kier alpha value is -2.20. The lowest BCUT2D eigenvalue weighted by Gasteiger charge is -2.22. The van der Waals surface area contributed by atoms with Gasteiger partial charge in [-0.15, -0.1) is 5.10 Å². The average Bonchev–Trinajstić information content (AvgIpc) is 3.10. The first-order valence-corrected chi connectivity index (χ1v) is 11.2. The van der Waals surface area contributed by atoms with Crippen LogP contribution in [0.2, 0.25) is 0 Å². The van der Waals surface area contributed by atoms with Crippen LogP contribution in [0.15, 0.2) is 23.1 Å². The fraction of sp³-hybridized carbons (Fsp3) is 0.611. The number of nitrogens with zero attached hydrogens (tertiary/aromatic N) is 4. The Bertz CT molecular complexity index is 917. The molecular formula is C18H27N5O4S. The van der Waals surface area contributed by atoms with E-state index in [-0.39, 0.29) is 23.5 Å². The van der Waals surface area contributed by atoms with E-state index in [4.69, 9.17) is 4.84 Å². The van der Waals surface area contributed by atoms with E-state index in [9.17, 15) is 13.2 Å². The van der Waals surface area contributed by atoms with E-state index in [1.165, 1.54) is 22.9 Å².